The number of rotatable bonds is 5. The fourth-order valence-corrected chi connectivity index (χ4v) is 1.79. The molecule has 1 aromatic heterocycles. The number of pyridine rings is 1. The Morgan fingerprint density at radius 1 is 1.22 bits per heavy atom. The fraction of sp³-hybridized carbons (Fsp3) is 0.200. The van der Waals surface area contributed by atoms with Crippen LogP contribution in [0.15, 0.2) is 42.6 Å². The van der Waals surface area contributed by atoms with Crippen molar-refractivity contribution >= 4 is 11.6 Å². The quantitative estimate of drug-likeness (QED) is 0.911. The van der Waals surface area contributed by atoms with Crippen molar-refractivity contribution in [2.75, 3.05) is 11.9 Å². The highest BCUT2D eigenvalue weighted by molar-refractivity contribution is 6.06. The van der Waals surface area contributed by atoms with Crippen LogP contribution in [0.3, 0.4) is 0 Å². The van der Waals surface area contributed by atoms with Crippen molar-refractivity contribution in [3.05, 3.63) is 48.2 Å². The van der Waals surface area contributed by atoms with Gasteiger partial charge in [-0.05, 0) is 31.2 Å². The smallest absolute Gasteiger partial charge is 0.477 e. The lowest BCUT2D eigenvalue weighted by atomic mass is 10.2. The Hall–Kier alpha value is -2.77. The lowest BCUT2D eigenvalue weighted by Crippen LogP contribution is -2.20. The van der Waals surface area contributed by atoms with E-state index in [0.29, 0.717) is 6.61 Å². The Morgan fingerprint density at radius 3 is 2.65 bits per heavy atom. The first-order valence-corrected chi connectivity index (χ1v) is 6.64. The second-order valence-corrected chi connectivity index (χ2v) is 4.29. The topological polar surface area (TPSA) is 60.5 Å². The summed E-state index contributed by atoms with van der Waals surface area (Å²) in [6.45, 7) is 2.02. The molecule has 1 N–H and O–H groups in total. The third-order valence-electron chi connectivity index (χ3n) is 2.66. The molecule has 0 fully saturated rings. The molecule has 8 heteroatoms. The van der Waals surface area contributed by atoms with Gasteiger partial charge in [-0.3, -0.25) is 4.79 Å². The maximum atomic E-state index is 12.4. The standard InChI is InChI=1S/C15H13F3N2O3/c1-2-22-14-10(6-5-9-19-14)13(21)20-11-7-3-4-8-12(11)23-15(16,17)18/h3-9H,2H2,1H3,(H,20,21). The van der Waals surface area contributed by atoms with Gasteiger partial charge in [0.1, 0.15) is 5.56 Å². The highest BCUT2D eigenvalue weighted by Crippen LogP contribution is 2.30. The molecule has 1 aromatic carbocycles. The van der Waals surface area contributed by atoms with E-state index in [-0.39, 0.29) is 17.1 Å². The first-order chi connectivity index (χ1) is 10.9. The van der Waals surface area contributed by atoms with E-state index in [4.69, 9.17) is 4.74 Å². The molecule has 1 amide bonds. The molecule has 0 bridgehead atoms. The minimum atomic E-state index is -4.86. The van der Waals surface area contributed by atoms with E-state index in [2.05, 4.69) is 15.0 Å². The highest BCUT2D eigenvalue weighted by Gasteiger charge is 2.32. The molecule has 0 saturated carbocycles. The van der Waals surface area contributed by atoms with E-state index in [1.165, 1.54) is 36.5 Å². The number of anilines is 1. The van der Waals surface area contributed by atoms with Crippen molar-refractivity contribution in [3.63, 3.8) is 0 Å². The largest absolute Gasteiger partial charge is 0.573 e. The molecule has 5 nitrogen and oxygen atoms in total. The van der Waals surface area contributed by atoms with Crippen LogP contribution < -0.4 is 14.8 Å². The molecular formula is C15H13F3N2O3. The molecule has 122 valence electrons. The van der Waals surface area contributed by atoms with E-state index in [9.17, 15) is 18.0 Å². The number of nitrogens with zero attached hydrogens (tertiary/aromatic N) is 1. The predicted octanol–water partition coefficient (Wildman–Crippen LogP) is 3.63. The highest BCUT2D eigenvalue weighted by atomic mass is 19.4. The monoisotopic (exact) mass is 326 g/mol. The molecule has 0 aliphatic rings. The number of para-hydroxylation sites is 2. The molecule has 0 unspecified atom stereocenters. The summed E-state index contributed by atoms with van der Waals surface area (Å²) in [6.07, 6.45) is -3.41. The summed E-state index contributed by atoms with van der Waals surface area (Å²) < 4.78 is 46.3. The molecule has 23 heavy (non-hydrogen) atoms. The Bertz CT molecular complexity index is 690. The predicted molar refractivity (Wildman–Crippen MR) is 76.5 cm³/mol. The lowest BCUT2D eigenvalue weighted by molar-refractivity contribution is -0.274. The maximum absolute atomic E-state index is 12.4. The van der Waals surface area contributed by atoms with Crippen molar-refractivity contribution in [1.82, 2.24) is 4.98 Å². The van der Waals surface area contributed by atoms with Gasteiger partial charge in [0.25, 0.3) is 5.91 Å². The minimum Gasteiger partial charge on any atom is -0.477 e. The third-order valence-corrected chi connectivity index (χ3v) is 2.66. The number of halogens is 3. The van der Waals surface area contributed by atoms with Crippen molar-refractivity contribution < 1.29 is 27.4 Å². The van der Waals surface area contributed by atoms with E-state index < -0.39 is 18.0 Å². The van der Waals surface area contributed by atoms with Crippen LogP contribution >= 0.6 is 0 Å². The number of carbonyl (C=O) groups is 1. The third kappa shape index (κ3) is 4.60. The van der Waals surface area contributed by atoms with Gasteiger partial charge in [-0.25, -0.2) is 4.98 Å². The second-order valence-electron chi connectivity index (χ2n) is 4.29. The summed E-state index contributed by atoms with van der Waals surface area (Å²) in [5, 5.41) is 2.36. The van der Waals surface area contributed by atoms with Crippen LogP contribution in [-0.4, -0.2) is 23.9 Å². The van der Waals surface area contributed by atoms with Crippen LogP contribution in [0.1, 0.15) is 17.3 Å². The van der Waals surface area contributed by atoms with Gasteiger partial charge in [-0.2, -0.15) is 0 Å². The van der Waals surface area contributed by atoms with Gasteiger partial charge in [-0.1, -0.05) is 12.1 Å². The number of nitrogens with one attached hydrogen (secondary N) is 1. The summed E-state index contributed by atoms with van der Waals surface area (Å²) in [7, 11) is 0. The van der Waals surface area contributed by atoms with Gasteiger partial charge in [0, 0.05) is 6.20 Å². The molecule has 0 radical (unpaired) electrons. The summed E-state index contributed by atoms with van der Waals surface area (Å²) in [6, 6.07) is 8.24. The average molecular weight is 326 g/mol. The van der Waals surface area contributed by atoms with E-state index in [1.54, 1.807) is 6.92 Å². The normalized spacial score (nSPS) is 11.0. The van der Waals surface area contributed by atoms with E-state index in [0.717, 1.165) is 6.07 Å². The Kier molecular flexibility index (Phi) is 5.05. The first kappa shape index (κ1) is 16.6. The van der Waals surface area contributed by atoms with Crippen LogP contribution in [0.4, 0.5) is 18.9 Å². The van der Waals surface area contributed by atoms with Gasteiger partial charge < -0.3 is 14.8 Å². The number of aromatic nitrogens is 1. The van der Waals surface area contributed by atoms with Gasteiger partial charge >= 0.3 is 6.36 Å². The first-order valence-electron chi connectivity index (χ1n) is 6.64. The van der Waals surface area contributed by atoms with Gasteiger partial charge in [0.2, 0.25) is 5.88 Å². The molecule has 1 heterocycles. The minimum absolute atomic E-state index is 0.0988. The molecule has 0 aliphatic carbocycles. The van der Waals surface area contributed by atoms with Crippen molar-refractivity contribution in [2.45, 2.75) is 13.3 Å². The molecule has 0 atom stereocenters. The zero-order chi connectivity index (χ0) is 16.9. The van der Waals surface area contributed by atoms with Crippen LogP contribution in [-0.2, 0) is 0 Å². The Labute approximate surface area is 130 Å². The van der Waals surface area contributed by atoms with Gasteiger partial charge in [0.15, 0.2) is 5.75 Å². The number of hydrogen-bond acceptors (Lipinski definition) is 4. The average Bonchev–Trinajstić information content (AvgIpc) is 2.48. The Morgan fingerprint density at radius 2 is 1.96 bits per heavy atom. The second kappa shape index (κ2) is 6.99. The number of amides is 1. The molecule has 0 saturated heterocycles. The molecule has 0 spiro atoms. The van der Waals surface area contributed by atoms with Crippen LogP contribution in [0.2, 0.25) is 0 Å². The summed E-state index contributed by atoms with van der Waals surface area (Å²) in [5.41, 5.74) is -0.00251. The summed E-state index contributed by atoms with van der Waals surface area (Å²) >= 11 is 0. The van der Waals surface area contributed by atoms with E-state index >= 15 is 0 Å². The summed E-state index contributed by atoms with van der Waals surface area (Å²) in [5.74, 6) is -1.06. The van der Waals surface area contributed by atoms with Crippen molar-refractivity contribution in [1.29, 1.82) is 0 Å². The van der Waals surface area contributed by atoms with Gasteiger partial charge in [-0.15, -0.1) is 13.2 Å². The maximum Gasteiger partial charge on any atom is 0.573 e. The Balaban J connectivity index is 2.24. The van der Waals surface area contributed by atoms with Crippen LogP contribution in [0.25, 0.3) is 0 Å². The number of hydrogen-bond donors (Lipinski definition) is 1. The molecule has 2 rings (SSSR count). The zero-order valence-corrected chi connectivity index (χ0v) is 12.1. The molecule has 0 aliphatic heterocycles. The number of alkyl halides is 3. The lowest BCUT2D eigenvalue weighted by Gasteiger charge is -2.14. The molecule has 2 aromatic rings. The SMILES string of the molecule is CCOc1ncccc1C(=O)Nc1ccccc1OC(F)(F)F. The van der Waals surface area contributed by atoms with Crippen molar-refractivity contribution in [2.24, 2.45) is 0 Å². The van der Waals surface area contributed by atoms with E-state index in [1.807, 2.05) is 0 Å². The summed E-state index contributed by atoms with van der Waals surface area (Å²) in [4.78, 5) is 16.2. The zero-order valence-electron chi connectivity index (χ0n) is 12.1. The van der Waals surface area contributed by atoms with Crippen LogP contribution in [0.5, 0.6) is 11.6 Å². The van der Waals surface area contributed by atoms with Crippen LogP contribution in [0, 0.1) is 0 Å². The number of ether oxygens (including phenoxy) is 2. The number of benzene rings is 1. The number of carbonyl (C=O) groups excluding carboxylic acids is 1. The van der Waals surface area contributed by atoms with Gasteiger partial charge in [0.05, 0.1) is 12.3 Å². The van der Waals surface area contributed by atoms with Crippen molar-refractivity contribution in [3.8, 4) is 11.6 Å². The molecular weight excluding hydrogens is 313 g/mol. The fourth-order valence-electron chi connectivity index (χ4n) is 1.79.